The third-order valence-electron chi connectivity index (χ3n) is 11.7. The van der Waals surface area contributed by atoms with E-state index in [4.69, 9.17) is 24.4 Å². The zero-order valence-corrected chi connectivity index (χ0v) is 31.7. The van der Waals surface area contributed by atoms with Crippen molar-refractivity contribution >= 4 is 68.0 Å². The maximum Gasteiger partial charge on any atom is 0.255 e. The fourth-order valence-corrected chi connectivity index (χ4v) is 9.21. The van der Waals surface area contributed by atoms with Gasteiger partial charge in [-0.2, -0.15) is 9.97 Å². The Labute approximate surface area is 341 Å². The summed E-state index contributed by atoms with van der Waals surface area (Å²) in [6.45, 7) is -0.365. The maximum absolute atomic E-state index is 7.29. The number of benzene rings is 8. The van der Waals surface area contributed by atoms with E-state index in [-0.39, 0.29) is 13.4 Å². The van der Waals surface area contributed by atoms with Gasteiger partial charge in [-0.3, -0.25) is 4.57 Å². The average molecular weight is 754 g/mol. The molecule has 0 bridgehead atoms. The summed E-state index contributed by atoms with van der Waals surface area (Å²) in [5.41, 5.74) is 10.2. The first-order valence-electron chi connectivity index (χ1n) is 19.9. The highest BCUT2D eigenvalue weighted by Crippen LogP contribution is 2.43. The van der Waals surface area contributed by atoms with Gasteiger partial charge in [0.05, 0.1) is 11.0 Å². The molecule has 8 heteroatoms. The van der Waals surface area contributed by atoms with Gasteiger partial charge in [0.1, 0.15) is 17.2 Å². The molecule has 12 rings (SSSR count). The predicted molar refractivity (Wildman–Crippen MR) is 240 cm³/mol. The van der Waals surface area contributed by atoms with E-state index in [0.29, 0.717) is 17.6 Å². The van der Waals surface area contributed by atoms with Gasteiger partial charge >= 0.3 is 0 Å². The molecule has 0 aliphatic carbocycles. The van der Waals surface area contributed by atoms with E-state index >= 15 is 0 Å². The average Bonchev–Trinajstić information content (AvgIpc) is 3.67. The van der Waals surface area contributed by atoms with Crippen molar-refractivity contribution in [2.24, 2.45) is 0 Å². The number of fused-ring (bicyclic) bond motifs is 10. The second-order valence-electron chi connectivity index (χ2n) is 15.0. The largest absolute Gasteiger partial charge is 0.459 e. The summed E-state index contributed by atoms with van der Waals surface area (Å²) in [6.07, 6.45) is 0. The van der Waals surface area contributed by atoms with Crippen LogP contribution < -0.4 is 42.3 Å². The van der Waals surface area contributed by atoms with Crippen molar-refractivity contribution in [2.45, 2.75) is 0 Å². The first-order chi connectivity index (χ1) is 29.3. The standard InChI is InChI=1S/C51H32B2N4O2/c1-5-19-33(20-6-1)49-54-50(34-21-7-2-8-22-34)56-51(55-49)57-40-30-16-13-27-37(40)43-44-47(58-41-31-17-14-28-38(41)52(44)35-23-9-3-10-24-35)45-48(46(43)57)59-42-32-18-15-29-39(42)53(45)36-25-11-4-12-26-36/h1-32H. The second-order valence-corrected chi connectivity index (χ2v) is 15.0. The lowest BCUT2D eigenvalue weighted by Crippen LogP contribution is -2.60. The normalized spacial score (nSPS) is 12.6. The summed E-state index contributed by atoms with van der Waals surface area (Å²) in [5.74, 6) is 4.84. The molecule has 59 heavy (non-hydrogen) atoms. The third kappa shape index (κ3) is 5.26. The number of aromatic nitrogens is 4. The Morgan fingerprint density at radius 3 is 1.44 bits per heavy atom. The van der Waals surface area contributed by atoms with Gasteiger partial charge in [-0.15, -0.1) is 0 Å². The molecule has 0 unspecified atom stereocenters. The molecular formula is C51H32B2N4O2. The number of ether oxygens (including phenoxy) is 2. The number of hydrogen-bond donors (Lipinski definition) is 0. The van der Waals surface area contributed by atoms with Crippen LogP contribution in [0.25, 0.3) is 50.5 Å². The molecule has 8 aromatic carbocycles. The first-order valence-corrected chi connectivity index (χ1v) is 19.9. The van der Waals surface area contributed by atoms with Crippen LogP contribution in [0.1, 0.15) is 0 Å². The van der Waals surface area contributed by atoms with Gasteiger partial charge in [-0.05, 0) is 34.6 Å². The van der Waals surface area contributed by atoms with Crippen molar-refractivity contribution in [3.63, 3.8) is 0 Å². The smallest absolute Gasteiger partial charge is 0.255 e. The van der Waals surface area contributed by atoms with Crippen LogP contribution in [0.5, 0.6) is 23.0 Å². The molecule has 0 N–H and O–H groups in total. The fraction of sp³-hybridized carbons (Fsp3) is 0. The SMILES string of the molecule is c1ccc(B2c3ccccc3Oc3c2c2c(c4c5ccccc5n(-c5nc(-c6ccccc6)nc(-c6ccccc6)n5)c34)B(c3ccccc3)c3ccccc3O2)cc1. The second kappa shape index (κ2) is 13.5. The Hall–Kier alpha value is -7.70. The highest BCUT2D eigenvalue weighted by Gasteiger charge is 2.44. The van der Waals surface area contributed by atoms with Crippen molar-refractivity contribution < 1.29 is 9.47 Å². The number of para-hydroxylation sites is 3. The molecule has 2 aliphatic rings. The van der Waals surface area contributed by atoms with Crippen LogP contribution in [0, 0.1) is 0 Å². The van der Waals surface area contributed by atoms with E-state index < -0.39 is 0 Å². The van der Waals surface area contributed by atoms with Gasteiger partial charge in [0.15, 0.2) is 17.4 Å². The monoisotopic (exact) mass is 754 g/mol. The van der Waals surface area contributed by atoms with Gasteiger partial charge in [0.25, 0.3) is 13.4 Å². The van der Waals surface area contributed by atoms with Crippen molar-refractivity contribution in [3.05, 3.63) is 194 Å². The molecule has 0 atom stereocenters. The summed E-state index contributed by atoms with van der Waals surface area (Å²) < 4.78 is 16.8. The number of hydrogen-bond acceptors (Lipinski definition) is 5. The summed E-state index contributed by atoms with van der Waals surface area (Å²) >= 11 is 0. The molecular weight excluding hydrogens is 722 g/mol. The summed E-state index contributed by atoms with van der Waals surface area (Å²) in [4.78, 5) is 15.7. The fourth-order valence-electron chi connectivity index (χ4n) is 9.21. The van der Waals surface area contributed by atoms with E-state index in [9.17, 15) is 0 Å². The third-order valence-corrected chi connectivity index (χ3v) is 11.7. The Balaban J connectivity index is 1.28. The van der Waals surface area contributed by atoms with Crippen LogP contribution in [-0.2, 0) is 0 Å². The van der Waals surface area contributed by atoms with E-state index in [2.05, 4.69) is 132 Å². The minimum Gasteiger partial charge on any atom is -0.459 e. The Morgan fingerprint density at radius 1 is 0.407 bits per heavy atom. The summed E-state index contributed by atoms with van der Waals surface area (Å²) in [6, 6.07) is 67.1. The molecule has 6 nitrogen and oxygen atoms in total. The molecule has 0 fully saturated rings. The summed E-state index contributed by atoms with van der Waals surface area (Å²) in [5, 5.41) is 2.08. The van der Waals surface area contributed by atoms with Crippen molar-refractivity contribution in [3.8, 4) is 51.7 Å². The van der Waals surface area contributed by atoms with Gasteiger partial charge in [0.2, 0.25) is 5.95 Å². The zero-order chi connectivity index (χ0) is 38.9. The molecule has 2 aliphatic heterocycles. The maximum atomic E-state index is 7.29. The highest BCUT2D eigenvalue weighted by atomic mass is 16.5. The van der Waals surface area contributed by atoms with Crippen molar-refractivity contribution in [1.29, 1.82) is 0 Å². The van der Waals surface area contributed by atoms with Gasteiger partial charge < -0.3 is 9.47 Å². The topological polar surface area (TPSA) is 62.1 Å². The van der Waals surface area contributed by atoms with E-state index in [1.165, 1.54) is 5.46 Å². The summed E-state index contributed by atoms with van der Waals surface area (Å²) in [7, 11) is 0. The molecule has 0 amide bonds. The molecule has 2 aromatic heterocycles. The Kier molecular flexibility index (Phi) is 7.63. The molecule has 274 valence electrons. The molecule has 0 spiro atoms. The molecule has 0 saturated carbocycles. The Bertz CT molecular complexity index is 3180. The van der Waals surface area contributed by atoms with Gasteiger partial charge in [-0.1, -0.05) is 187 Å². The quantitative estimate of drug-likeness (QED) is 0.170. The van der Waals surface area contributed by atoms with Gasteiger partial charge in [-0.25, -0.2) is 4.98 Å². The lowest BCUT2D eigenvalue weighted by atomic mass is 9.31. The molecule has 0 radical (unpaired) electrons. The lowest BCUT2D eigenvalue weighted by molar-refractivity contribution is 0.472. The minimum atomic E-state index is -0.208. The Morgan fingerprint density at radius 2 is 0.864 bits per heavy atom. The van der Waals surface area contributed by atoms with E-state index in [1.54, 1.807) is 0 Å². The van der Waals surface area contributed by atoms with Crippen LogP contribution >= 0.6 is 0 Å². The number of nitrogens with zero attached hydrogens (tertiary/aromatic N) is 4. The van der Waals surface area contributed by atoms with Crippen LogP contribution in [0.4, 0.5) is 0 Å². The molecule has 0 saturated heterocycles. The molecule has 10 aromatic rings. The minimum absolute atomic E-state index is 0.157. The van der Waals surface area contributed by atoms with E-state index in [0.717, 1.165) is 83.2 Å². The van der Waals surface area contributed by atoms with Crippen LogP contribution in [0.2, 0.25) is 0 Å². The van der Waals surface area contributed by atoms with Crippen LogP contribution in [0.3, 0.4) is 0 Å². The molecule has 4 heterocycles. The van der Waals surface area contributed by atoms with Crippen molar-refractivity contribution in [2.75, 3.05) is 0 Å². The van der Waals surface area contributed by atoms with E-state index in [1.807, 2.05) is 66.7 Å². The van der Waals surface area contributed by atoms with Crippen LogP contribution in [-0.4, -0.2) is 32.9 Å². The highest BCUT2D eigenvalue weighted by molar-refractivity contribution is 7.01. The number of rotatable bonds is 5. The lowest BCUT2D eigenvalue weighted by Gasteiger charge is -2.35. The predicted octanol–water partition coefficient (Wildman–Crippen LogP) is 7.55. The zero-order valence-electron chi connectivity index (χ0n) is 31.7. The van der Waals surface area contributed by atoms with Crippen LogP contribution in [0.15, 0.2) is 194 Å². The first kappa shape index (κ1) is 33.4. The van der Waals surface area contributed by atoms with Gasteiger partial charge in [0, 0.05) is 27.4 Å². The van der Waals surface area contributed by atoms with Crippen molar-refractivity contribution in [1.82, 2.24) is 19.5 Å².